The Morgan fingerprint density at radius 2 is 0.969 bits per heavy atom. The van der Waals surface area contributed by atoms with Crippen LogP contribution in [0.3, 0.4) is 0 Å². The minimum absolute atomic E-state index is 0.0170. The van der Waals surface area contributed by atoms with E-state index >= 15 is 0 Å². The summed E-state index contributed by atoms with van der Waals surface area (Å²) < 4.78 is 60.9. The van der Waals surface area contributed by atoms with Gasteiger partial charge in [-0.15, -0.1) is 34.8 Å². The second-order valence-electron chi connectivity index (χ2n) is 5.19. The van der Waals surface area contributed by atoms with E-state index in [1.807, 2.05) is 0 Å². The molecule has 0 atom stereocenters. The SMILES string of the molecule is CS(=O)(=O)OCCOCCOCCCl.FOCCOCCCl.OCCOCCOCCCl. The molecule has 0 saturated carbocycles. The Morgan fingerprint density at radius 1 is 0.625 bits per heavy atom. The van der Waals surface area contributed by atoms with Crippen LogP contribution in [-0.4, -0.2) is 123 Å². The molecule has 0 aliphatic carbocycles. The van der Waals surface area contributed by atoms with E-state index in [-0.39, 0.29) is 33.0 Å². The molecule has 0 aromatic heterocycles. The van der Waals surface area contributed by atoms with Crippen LogP contribution in [-0.2, 0) is 42.9 Å². The molecule has 0 amide bonds. The van der Waals surface area contributed by atoms with Crippen molar-refractivity contribution in [3.63, 3.8) is 0 Å². The third-order valence-corrected chi connectivity index (χ3v) is 3.53. The molecular formula is C17H36Cl3FO10S. The minimum atomic E-state index is -3.35. The van der Waals surface area contributed by atoms with Crippen LogP contribution in [0.2, 0.25) is 0 Å². The third-order valence-electron chi connectivity index (χ3n) is 2.47. The summed E-state index contributed by atoms with van der Waals surface area (Å²) in [4.78, 5) is 3.22. The monoisotopic (exact) mass is 556 g/mol. The summed E-state index contributed by atoms with van der Waals surface area (Å²) in [7, 11) is -3.35. The van der Waals surface area contributed by atoms with Crippen LogP contribution >= 0.6 is 34.8 Å². The number of hydrogen-bond acceptors (Lipinski definition) is 10. The molecule has 0 heterocycles. The molecule has 0 bridgehead atoms. The fourth-order valence-corrected chi connectivity index (χ4v) is 2.01. The zero-order valence-electron chi connectivity index (χ0n) is 18.4. The standard InChI is InChI=1S/C7H15ClO5S.C6H13ClO3.C4H8ClFO2/c1-14(9,10)13-7-6-12-5-4-11-3-2-8;7-1-3-9-5-6-10-4-2-8;5-1-2-7-3-4-8-6/h2-7H2,1H3;8H,1-6H2;1-4H2. The molecule has 0 rings (SSSR count). The van der Waals surface area contributed by atoms with Gasteiger partial charge in [-0.25, -0.2) is 0 Å². The Morgan fingerprint density at radius 3 is 1.31 bits per heavy atom. The third kappa shape index (κ3) is 48.0. The van der Waals surface area contributed by atoms with E-state index in [0.717, 1.165) is 6.26 Å². The number of ether oxygens (including phenoxy) is 5. The number of aliphatic hydroxyl groups is 1. The number of rotatable bonds is 21. The second-order valence-corrected chi connectivity index (χ2v) is 7.97. The van der Waals surface area contributed by atoms with Crippen molar-refractivity contribution in [1.29, 1.82) is 0 Å². The molecule has 0 unspecified atom stereocenters. The van der Waals surface area contributed by atoms with Gasteiger partial charge in [0, 0.05) is 17.6 Å². The van der Waals surface area contributed by atoms with Crippen LogP contribution in [0.25, 0.3) is 0 Å². The van der Waals surface area contributed by atoms with E-state index in [1.54, 1.807) is 0 Å². The van der Waals surface area contributed by atoms with E-state index in [9.17, 15) is 12.9 Å². The highest BCUT2D eigenvalue weighted by Gasteiger charge is 2.00. The average Bonchev–Trinajstić information content (AvgIpc) is 2.76. The molecule has 0 radical (unpaired) electrons. The molecular weight excluding hydrogens is 522 g/mol. The summed E-state index contributed by atoms with van der Waals surface area (Å²) in [6.45, 7) is 4.39. The zero-order chi connectivity index (χ0) is 24.8. The van der Waals surface area contributed by atoms with Gasteiger partial charge in [-0.1, -0.05) is 0 Å². The minimum Gasteiger partial charge on any atom is -0.394 e. The Hall–Kier alpha value is 0.430. The second kappa shape index (κ2) is 33.6. The predicted molar refractivity (Wildman–Crippen MR) is 121 cm³/mol. The molecule has 0 aliphatic heterocycles. The van der Waals surface area contributed by atoms with E-state index in [4.69, 9.17) is 63.6 Å². The van der Waals surface area contributed by atoms with Crippen LogP contribution in [0.1, 0.15) is 0 Å². The Bertz CT molecular complexity index is 411. The topological polar surface area (TPSA) is 119 Å². The molecule has 198 valence electrons. The molecule has 0 spiro atoms. The lowest BCUT2D eigenvalue weighted by Gasteiger charge is -2.04. The van der Waals surface area contributed by atoms with Gasteiger partial charge in [0.2, 0.25) is 0 Å². The van der Waals surface area contributed by atoms with Crippen LogP contribution in [0.5, 0.6) is 0 Å². The van der Waals surface area contributed by atoms with Crippen molar-refractivity contribution in [1.82, 2.24) is 0 Å². The smallest absolute Gasteiger partial charge is 0.264 e. The van der Waals surface area contributed by atoms with Crippen LogP contribution in [0.15, 0.2) is 0 Å². The van der Waals surface area contributed by atoms with Crippen molar-refractivity contribution in [2.24, 2.45) is 0 Å². The molecule has 0 aromatic carbocycles. The molecule has 15 heteroatoms. The fourth-order valence-electron chi connectivity index (χ4n) is 1.31. The number of alkyl halides is 3. The summed E-state index contributed by atoms with van der Waals surface area (Å²) in [6.07, 6.45) is 0.997. The Kier molecular flexibility index (Phi) is 38.8. The van der Waals surface area contributed by atoms with Gasteiger partial charge in [-0.05, 0) is 4.53 Å². The first-order chi connectivity index (χ1) is 15.4. The van der Waals surface area contributed by atoms with Gasteiger partial charge in [-0.3, -0.25) is 4.18 Å². The van der Waals surface area contributed by atoms with Crippen molar-refractivity contribution in [2.45, 2.75) is 0 Å². The summed E-state index contributed by atoms with van der Waals surface area (Å²) >= 11 is 15.9. The summed E-state index contributed by atoms with van der Waals surface area (Å²) in [6, 6.07) is 0. The number of hydrogen-bond donors (Lipinski definition) is 1. The summed E-state index contributed by atoms with van der Waals surface area (Å²) in [5.74, 6) is 1.41. The number of aliphatic hydroxyl groups excluding tert-OH is 1. The quantitative estimate of drug-likeness (QED) is 0.127. The highest BCUT2D eigenvalue weighted by atomic mass is 35.5. The van der Waals surface area contributed by atoms with Gasteiger partial charge in [0.05, 0.1) is 85.5 Å². The first kappa shape index (κ1) is 37.0. The largest absolute Gasteiger partial charge is 0.394 e. The predicted octanol–water partition coefficient (Wildman–Crippen LogP) is 1.63. The Balaban J connectivity index is -0.000000413. The van der Waals surface area contributed by atoms with Crippen LogP contribution < -0.4 is 0 Å². The van der Waals surface area contributed by atoms with Gasteiger partial charge in [0.25, 0.3) is 10.1 Å². The van der Waals surface area contributed by atoms with Gasteiger partial charge in [0.1, 0.15) is 6.61 Å². The highest BCUT2D eigenvalue weighted by molar-refractivity contribution is 7.85. The molecule has 32 heavy (non-hydrogen) atoms. The molecule has 10 nitrogen and oxygen atoms in total. The van der Waals surface area contributed by atoms with Crippen molar-refractivity contribution in [3.05, 3.63) is 0 Å². The highest BCUT2D eigenvalue weighted by Crippen LogP contribution is 1.87. The average molecular weight is 558 g/mol. The summed E-state index contributed by atoms with van der Waals surface area (Å²) in [5.41, 5.74) is 0. The van der Waals surface area contributed by atoms with E-state index in [0.29, 0.717) is 70.5 Å². The Labute approximate surface area is 205 Å². The van der Waals surface area contributed by atoms with Gasteiger partial charge < -0.3 is 28.8 Å². The van der Waals surface area contributed by atoms with E-state index < -0.39 is 10.1 Å². The molecule has 1 N–H and O–H groups in total. The van der Waals surface area contributed by atoms with Crippen molar-refractivity contribution in [3.8, 4) is 0 Å². The first-order valence-corrected chi connectivity index (χ1v) is 13.1. The lowest BCUT2D eigenvalue weighted by Crippen LogP contribution is -2.12. The van der Waals surface area contributed by atoms with E-state index in [1.165, 1.54) is 0 Å². The zero-order valence-corrected chi connectivity index (χ0v) is 21.4. The maximum Gasteiger partial charge on any atom is 0.264 e. The van der Waals surface area contributed by atoms with Gasteiger partial charge in [0.15, 0.2) is 0 Å². The fraction of sp³-hybridized carbons (Fsp3) is 1.00. The van der Waals surface area contributed by atoms with E-state index in [2.05, 4.69) is 9.12 Å². The van der Waals surface area contributed by atoms with Crippen LogP contribution in [0.4, 0.5) is 4.53 Å². The van der Waals surface area contributed by atoms with Crippen LogP contribution in [0, 0.1) is 0 Å². The number of halogens is 4. The van der Waals surface area contributed by atoms with Crippen molar-refractivity contribution < 1.29 is 50.9 Å². The molecule has 0 saturated heterocycles. The molecule has 0 aliphatic rings. The van der Waals surface area contributed by atoms with Gasteiger partial charge in [-0.2, -0.15) is 13.4 Å². The maximum absolute atomic E-state index is 10.8. The molecule has 0 aromatic rings. The molecule has 0 fully saturated rings. The summed E-state index contributed by atoms with van der Waals surface area (Å²) in [5, 5.41) is 8.28. The van der Waals surface area contributed by atoms with Gasteiger partial charge >= 0.3 is 0 Å². The lowest BCUT2D eigenvalue weighted by molar-refractivity contribution is -0.145. The van der Waals surface area contributed by atoms with Crippen molar-refractivity contribution >= 4 is 44.9 Å². The first-order valence-electron chi connectivity index (χ1n) is 9.64. The maximum atomic E-state index is 10.8. The van der Waals surface area contributed by atoms with Crippen molar-refractivity contribution in [2.75, 3.05) is 110 Å². The lowest BCUT2D eigenvalue weighted by atomic mass is 10.7. The normalized spacial score (nSPS) is 10.8.